The van der Waals surface area contributed by atoms with Crippen LogP contribution in [0, 0.1) is 0 Å². The van der Waals surface area contributed by atoms with Crippen LogP contribution in [0.5, 0.6) is 5.75 Å². The van der Waals surface area contributed by atoms with Crippen molar-refractivity contribution >= 4 is 5.96 Å². The zero-order valence-electron chi connectivity index (χ0n) is 16.5. The van der Waals surface area contributed by atoms with Gasteiger partial charge in [0, 0.05) is 37.8 Å². The van der Waals surface area contributed by atoms with E-state index in [0.29, 0.717) is 19.2 Å². The summed E-state index contributed by atoms with van der Waals surface area (Å²) in [6, 6.07) is 8.56. The molecule has 0 aliphatic carbocycles. The minimum absolute atomic E-state index is 0.396. The van der Waals surface area contributed by atoms with E-state index in [4.69, 9.17) is 14.5 Å². The summed E-state index contributed by atoms with van der Waals surface area (Å²) in [5.74, 6) is 1.77. The van der Waals surface area contributed by atoms with Crippen molar-refractivity contribution < 1.29 is 9.47 Å². The van der Waals surface area contributed by atoms with Gasteiger partial charge in [0.2, 0.25) is 0 Å². The first-order valence-corrected chi connectivity index (χ1v) is 9.78. The number of aliphatic imine (C=N–C) groups is 1. The number of nitrogens with one attached hydrogen (secondary N) is 2. The normalized spacial score (nSPS) is 17.0. The predicted octanol–water partition coefficient (Wildman–Crippen LogP) is 2.25. The smallest absolute Gasteiger partial charge is 0.191 e. The second-order valence-corrected chi connectivity index (χ2v) is 6.56. The van der Waals surface area contributed by atoms with Crippen LogP contribution in [0.2, 0.25) is 0 Å². The lowest BCUT2D eigenvalue weighted by atomic mass is 10.2. The summed E-state index contributed by atoms with van der Waals surface area (Å²) in [4.78, 5) is 7.10. The molecular formula is C20H34N4O2. The Morgan fingerprint density at radius 2 is 2.04 bits per heavy atom. The topological polar surface area (TPSA) is 58.1 Å². The summed E-state index contributed by atoms with van der Waals surface area (Å²) in [6.45, 7) is 13.1. The molecule has 0 aromatic heterocycles. The molecule has 1 aromatic rings. The molecule has 2 N–H and O–H groups in total. The van der Waals surface area contributed by atoms with E-state index < -0.39 is 0 Å². The van der Waals surface area contributed by atoms with E-state index in [1.165, 1.54) is 0 Å². The molecule has 0 bridgehead atoms. The minimum atomic E-state index is 0.396. The second kappa shape index (κ2) is 11.8. The number of guanidine groups is 1. The largest absolute Gasteiger partial charge is 0.492 e. The van der Waals surface area contributed by atoms with Crippen molar-refractivity contribution in [2.24, 2.45) is 4.99 Å². The molecule has 0 amide bonds. The first kappa shape index (κ1) is 20.5. The van der Waals surface area contributed by atoms with Crippen LogP contribution in [0.25, 0.3) is 0 Å². The highest BCUT2D eigenvalue weighted by molar-refractivity contribution is 5.80. The molecular weight excluding hydrogens is 328 g/mol. The molecule has 0 saturated carbocycles. The van der Waals surface area contributed by atoms with Gasteiger partial charge < -0.3 is 20.1 Å². The number of rotatable bonds is 9. The first-order chi connectivity index (χ1) is 12.7. The van der Waals surface area contributed by atoms with Crippen LogP contribution in [-0.2, 0) is 11.3 Å². The van der Waals surface area contributed by atoms with Crippen molar-refractivity contribution in [2.45, 2.75) is 39.8 Å². The van der Waals surface area contributed by atoms with Gasteiger partial charge in [0.05, 0.1) is 19.8 Å². The van der Waals surface area contributed by atoms with Gasteiger partial charge >= 0.3 is 0 Å². The summed E-state index contributed by atoms with van der Waals surface area (Å²) in [6.07, 6.45) is 1.06. The highest BCUT2D eigenvalue weighted by atomic mass is 16.5. The van der Waals surface area contributed by atoms with Gasteiger partial charge in [-0.15, -0.1) is 0 Å². The summed E-state index contributed by atoms with van der Waals surface area (Å²) < 4.78 is 11.4. The number of morpholine rings is 1. The molecule has 146 valence electrons. The Bertz CT molecular complexity index is 544. The summed E-state index contributed by atoms with van der Waals surface area (Å²) >= 11 is 0. The third-order valence-corrected chi connectivity index (χ3v) is 4.49. The zero-order chi connectivity index (χ0) is 18.6. The third-order valence-electron chi connectivity index (χ3n) is 4.49. The van der Waals surface area contributed by atoms with Crippen LogP contribution < -0.4 is 15.4 Å². The molecule has 1 aromatic carbocycles. The van der Waals surface area contributed by atoms with Crippen molar-refractivity contribution in [1.82, 2.24) is 15.5 Å². The number of ether oxygens (including phenoxy) is 2. The summed E-state index contributed by atoms with van der Waals surface area (Å²) in [5.41, 5.74) is 1.11. The fraction of sp³-hybridized carbons (Fsp3) is 0.650. The van der Waals surface area contributed by atoms with Crippen LogP contribution in [0.1, 0.15) is 32.8 Å². The SMILES string of the molecule is CCNC(=NCc1ccccc1OCCN1CCOCC1)NC(C)CC. The van der Waals surface area contributed by atoms with E-state index in [-0.39, 0.29) is 0 Å². The first-order valence-electron chi connectivity index (χ1n) is 9.78. The van der Waals surface area contributed by atoms with E-state index in [0.717, 1.165) is 63.1 Å². The lowest BCUT2D eigenvalue weighted by Gasteiger charge is -2.26. The third kappa shape index (κ3) is 7.22. The van der Waals surface area contributed by atoms with Crippen molar-refractivity contribution in [3.8, 4) is 5.75 Å². The van der Waals surface area contributed by atoms with Crippen LogP contribution in [0.3, 0.4) is 0 Å². The molecule has 1 aliphatic rings. The molecule has 0 spiro atoms. The van der Waals surface area contributed by atoms with Crippen LogP contribution >= 0.6 is 0 Å². The van der Waals surface area contributed by atoms with Crippen molar-refractivity contribution in [3.05, 3.63) is 29.8 Å². The lowest BCUT2D eigenvalue weighted by Crippen LogP contribution is -2.41. The molecule has 6 heteroatoms. The molecule has 1 aliphatic heterocycles. The van der Waals surface area contributed by atoms with Gasteiger partial charge in [0.1, 0.15) is 12.4 Å². The zero-order valence-corrected chi connectivity index (χ0v) is 16.5. The van der Waals surface area contributed by atoms with E-state index in [1.807, 2.05) is 18.2 Å². The van der Waals surface area contributed by atoms with Gasteiger partial charge in [-0.3, -0.25) is 4.90 Å². The van der Waals surface area contributed by atoms with E-state index in [1.54, 1.807) is 0 Å². The lowest BCUT2D eigenvalue weighted by molar-refractivity contribution is 0.0322. The fourth-order valence-corrected chi connectivity index (χ4v) is 2.70. The Morgan fingerprint density at radius 3 is 2.77 bits per heavy atom. The summed E-state index contributed by atoms with van der Waals surface area (Å²) in [5, 5.41) is 6.73. The quantitative estimate of drug-likeness (QED) is 0.521. The van der Waals surface area contributed by atoms with E-state index in [2.05, 4.69) is 42.4 Å². The maximum absolute atomic E-state index is 6.04. The van der Waals surface area contributed by atoms with Crippen molar-refractivity contribution in [2.75, 3.05) is 46.0 Å². The summed E-state index contributed by atoms with van der Waals surface area (Å²) in [7, 11) is 0. The molecule has 1 unspecified atom stereocenters. The van der Waals surface area contributed by atoms with Gasteiger partial charge in [0.25, 0.3) is 0 Å². The highest BCUT2D eigenvalue weighted by Gasteiger charge is 2.10. The highest BCUT2D eigenvalue weighted by Crippen LogP contribution is 2.19. The Balaban J connectivity index is 1.90. The van der Waals surface area contributed by atoms with Gasteiger partial charge in [-0.1, -0.05) is 25.1 Å². The Kier molecular flexibility index (Phi) is 9.28. The molecule has 6 nitrogen and oxygen atoms in total. The molecule has 0 radical (unpaired) electrons. The van der Waals surface area contributed by atoms with Gasteiger partial charge in [0.15, 0.2) is 5.96 Å². The van der Waals surface area contributed by atoms with Crippen LogP contribution in [0.4, 0.5) is 0 Å². The maximum Gasteiger partial charge on any atom is 0.191 e. The fourth-order valence-electron chi connectivity index (χ4n) is 2.70. The minimum Gasteiger partial charge on any atom is -0.492 e. The molecule has 1 fully saturated rings. The predicted molar refractivity (Wildman–Crippen MR) is 107 cm³/mol. The Labute approximate surface area is 158 Å². The maximum atomic E-state index is 6.04. The van der Waals surface area contributed by atoms with Gasteiger partial charge in [-0.2, -0.15) is 0 Å². The molecule has 26 heavy (non-hydrogen) atoms. The number of benzene rings is 1. The average molecular weight is 363 g/mol. The Morgan fingerprint density at radius 1 is 1.27 bits per heavy atom. The second-order valence-electron chi connectivity index (χ2n) is 6.56. The van der Waals surface area contributed by atoms with Gasteiger partial charge in [-0.05, 0) is 26.3 Å². The number of para-hydroxylation sites is 1. The van der Waals surface area contributed by atoms with E-state index >= 15 is 0 Å². The number of hydrogen-bond acceptors (Lipinski definition) is 4. The van der Waals surface area contributed by atoms with Crippen LogP contribution in [0.15, 0.2) is 29.3 Å². The van der Waals surface area contributed by atoms with Crippen molar-refractivity contribution in [3.63, 3.8) is 0 Å². The monoisotopic (exact) mass is 362 g/mol. The average Bonchev–Trinajstić information content (AvgIpc) is 2.68. The van der Waals surface area contributed by atoms with E-state index in [9.17, 15) is 0 Å². The molecule has 1 atom stereocenters. The molecule has 1 saturated heterocycles. The number of hydrogen-bond donors (Lipinski definition) is 2. The molecule has 1 heterocycles. The molecule has 2 rings (SSSR count). The number of nitrogens with zero attached hydrogens (tertiary/aromatic N) is 2. The van der Waals surface area contributed by atoms with Crippen molar-refractivity contribution in [1.29, 1.82) is 0 Å². The van der Waals surface area contributed by atoms with Crippen LogP contribution in [-0.4, -0.2) is 62.9 Å². The standard InChI is InChI=1S/C20H34N4O2/c1-4-17(3)23-20(21-5-2)22-16-18-8-6-7-9-19(18)26-15-12-24-10-13-25-14-11-24/h6-9,17H,4-5,10-16H2,1-3H3,(H2,21,22,23). The van der Waals surface area contributed by atoms with Gasteiger partial charge in [-0.25, -0.2) is 4.99 Å². The Hall–Kier alpha value is -1.79.